The zero-order valence-corrected chi connectivity index (χ0v) is 16.4. The van der Waals surface area contributed by atoms with Crippen molar-refractivity contribution in [1.82, 2.24) is 14.7 Å². The number of likely N-dealkylation sites (tertiary alicyclic amines) is 1. The molecule has 1 aromatic heterocycles. The fraction of sp³-hybridized carbons (Fsp3) is 0.450. The largest absolute Gasteiger partial charge is 0.466 e. The van der Waals surface area contributed by atoms with Crippen molar-refractivity contribution in [2.45, 2.75) is 33.2 Å². The zero-order chi connectivity index (χ0) is 19.4. The molecule has 1 saturated heterocycles. The highest BCUT2D eigenvalue weighted by Crippen LogP contribution is 2.26. The molecule has 27 heavy (non-hydrogen) atoms. The number of amides is 1. The lowest BCUT2D eigenvalue weighted by Crippen LogP contribution is -2.40. The Morgan fingerprint density at radius 2 is 1.89 bits per heavy atom. The van der Waals surface area contributed by atoms with Gasteiger partial charge in [-0.3, -0.25) is 9.59 Å². The summed E-state index contributed by atoms with van der Waals surface area (Å²) in [7, 11) is 0. The monoisotopic (exact) mass is 389 g/mol. The molecular weight excluding hydrogens is 366 g/mol. The predicted molar refractivity (Wildman–Crippen MR) is 103 cm³/mol. The third-order valence-electron chi connectivity index (χ3n) is 4.86. The van der Waals surface area contributed by atoms with Crippen LogP contribution in [0.5, 0.6) is 0 Å². The van der Waals surface area contributed by atoms with Gasteiger partial charge in [-0.2, -0.15) is 5.10 Å². The topological polar surface area (TPSA) is 64.4 Å². The summed E-state index contributed by atoms with van der Waals surface area (Å²) in [6.45, 7) is 5.52. The van der Waals surface area contributed by atoms with E-state index in [-0.39, 0.29) is 17.8 Å². The number of aryl methyl sites for hydroxylation is 1. The molecule has 0 bridgehead atoms. The first-order valence-electron chi connectivity index (χ1n) is 9.24. The van der Waals surface area contributed by atoms with Crippen LogP contribution in [-0.4, -0.2) is 46.3 Å². The Bertz CT molecular complexity index is 811. The Kier molecular flexibility index (Phi) is 6.16. The molecule has 1 aliphatic heterocycles. The molecule has 144 valence electrons. The van der Waals surface area contributed by atoms with E-state index in [2.05, 4.69) is 5.10 Å². The van der Waals surface area contributed by atoms with Gasteiger partial charge in [0.1, 0.15) is 5.15 Å². The highest BCUT2D eigenvalue weighted by atomic mass is 35.5. The molecule has 2 heterocycles. The van der Waals surface area contributed by atoms with Crippen LogP contribution in [0.25, 0.3) is 0 Å². The Labute approximate surface area is 164 Å². The van der Waals surface area contributed by atoms with Crippen molar-refractivity contribution in [3.63, 3.8) is 0 Å². The molecule has 1 amide bonds. The van der Waals surface area contributed by atoms with Gasteiger partial charge in [0, 0.05) is 13.1 Å². The average Bonchev–Trinajstić information content (AvgIpc) is 2.95. The number of aromatic nitrogens is 2. The predicted octanol–water partition coefficient (Wildman–Crippen LogP) is 3.31. The molecule has 6 nitrogen and oxygen atoms in total. The van der Waals surface area contributed by atoms with Gasteiger partial charge in [0.15, 0.2) is 0 Å². The molecule has 0 atom stereocenters. The number of carbonyl (C=O) groups excluding carboxylic acids is 2. The van der Waals surface area contributed by atoms with E-state index in [9.17, 15) is 9.59 Å². The van der Waals surface area contributed by atoms with Crippen LogP contribution >= 0.6 is 11.6 Å². The molecule has 0 saturated carbocycles. The smallest absolute Gasteiger partial charge is 0.309 e. The summed E-state index contributed by atoms with van der Waals surface area (Å²) in [5, 5.41) is 4.81. The first-order valence-corrected chi connectivity index (χ1v) is 9.61. The Morgan fingerprint density at radius 3 is 2.52 bits per heavy atom. The van der Waals surface area contributed by atoms with Crippen LogP contribution in [0.4, 0.5) is 0 Å². The van der Waals surface area contributed by atoms with Crippen LogP contribution in [-0.2, 0) is 16.1 Å². The normalized spacial score (nSPS) is 15.0. The van der Waals surface area contributed by atoms with E-state index >= 15 is 0 Å². The van der Waals surface area contributed by atoms with Crippen molar-refractivity contribution in [1.29, 1.82) is 0 Å². The number of rotatable bonds is 5. The molecule has 1 aromatic carbocycles. The molecule has 1 fully saturated rings. The molecule has 0 aliphatic carbocycles. The second-order valence-corrected chi connectivity index (χ2v) is 7.07. The summed E-state index contributed by atoms with van der Waals surface area (Å²) >= 11 is 6.49. The summed E-state index contributed by atoms with van der Waals surface area (Å²) in [4.78, 5) is 26.6. The lowest BCUT2D eigenvalue weighted by molar-refractivity contribution is -0.149. The average molecular weight is 390 g/mol. The number of halogens is 1. The molecule has 7 heteroatoms. The minimum atomic E-state index is -0.172. The lowest BCUT2D eigenvalue weighted by atomic mass is 9.96. The maximum Gasteiger partial charge on any atom is 0.309 e. The fourth-order valence-electron chi connectivity index (χ4n) is 3.39. The number of benzene rings is 1. The van der Waals surface area contributed by atoms with Crippen LogP contribution < -0.4 is 0 Å². The van der Waals surface area contributed by atoms with Crippen molar-refractivity contribution in [3.05, 3.63) is 52.3 Å². The molecule has 1 aliphatic rings. The van der Waals surface area contributed by atoms with Gasteiger partial charge in [-0.15, -0.1) is 0 Å². The van der Waals surface area contributed by atoms with E-state index in [4.69, 9.17) is 16.3 Å². The Morgan fingerprint density at radius 1 is 1.22 bits per heavy atom. The summed E-state index contributed by atoms with van der Waals surface area (Å²) in [6, 6.07) is 9.86. The van der Waals surface area contributed by atoms with Crippen LogP contribution in [0.1, 0.15) is 41.4 Å². The molecule has 3 rings (SSSR count). The van der Waals surface area contributed by atoms with Crippen molar-refractivity contribution in [2.75, 3.05) is 19.7 Å². The number of piperidine rings is 1. The van der Waals surface area contributed by atoms with Crippen molar-refractivity contribution in [3.8, 4) is 0 Å². The SMILES string of the molecule is CCOC(=O)C1CCN(C(=O)c2c(C)nn(Cc3ccccc3)c2Cl)CC1. The van der Waals surface area contributed by atoms with Gasteiger partial charge in [0.25, 0.3) is 5.91 Å². The van der Waals surface area contributed by atoms with E-state index in [1.807, 2.05) is 30.3 Å². The van der Waals surface area contributed by atoms with Gasteiger partial charge in [-0.1, -0.05) is 41.9 Å². The summed E-state index contributed by atoms with van der Waals surface area (Å²) in [5.41, 5.74) is 2.13. The van der Waals surface area contributed by atoms with Crippen molar-refractivity contribution >= 4 is 23.5 Å². The number of nitrogens with zero attached hydrogens (tertiary/aromatic N) is 3. The fourth-order valence-corrected chi connectivity index (χ4v) is 3.71. The Balaban J connectivity index is 1.70. The number of ether oxygens (including phenoxy) is 1. The molecule has 2 aromatic rings. The van der Waals surface area contributed by atoms with Gasteiger partial charge in [0.2, 0.25) is 0 Å². The van der Waals surface area contributed by atoms with E-state index < -0.39 is 0 Å². The van der Waals surface area contributed by atoms with Crippen LogP contribution in [0.15, 0.2) is 30.3 Å². The molecule has 0 radical (unpaired) electrons. The number of carbonyl (C=O) groups is 2. The third kappa shape index (κ3) is 4.33. The first-order chi connectivity index (χ1) is 13.0. The number of hydrogen-bond acceptors (Lipinski definition) is 4. The summed E-state index contributed by atoms with van der Waals surface area (Å²) < 4.78 is 6.74. The zero-order valence-electron chi connectivity index (χ0n) is 15.7. The molecule has 0 N–H and O–H groups in total. The van der Waals surface area contributed by atoms with E-state index in [1.165, 1.54) is 0 Å². The summed E-state index contributed by atoms with van der Waals surface area (Å²) in [5.74, 6) is -0.431. The van der Waals surface area contributed by atoms with Gasteiger partial charge < -0.3 is 9.64 Å². The maximum absolute atomic E-state index is 13.0. The van der Waals surface area contributed by atoms with Gasteiger partial charge in [-0.05, 0) is 32.3 Å². The quantitative estimate of drug-likeness (QED) is 0.736. The van der Waals surface area contributed by atoms with E-state index in [0.29, 0.717) is 55.5 Å². The second kappa shape index (κ2) is 8.57. The van der Waals surface area contributed by atoms with E-state index in [0.717, 1.165) is 5.56 Å². The molecule has 0 unspecified atom stereocenters. The highest BCUT2D eigenvalue weighted by molar-refractivity contribution is 6.33. The van der Waals surface area contributed by atoms with Crippen molar-refractivity contribution < 1.29 is 14.3 Å². The number of esters is 1. The standard InChI is InChI=1S/C20H24ClN3O3/c1-3-27-20(26)16-9-11-23(12-10-16)19(25)17-14(2)22-24(18(17)21)13-15-7-5-4-6-8-15/h4-8,16H,3,9-13H2,1-2H3. The van der Waals surface area contributed by atoms with Gasteiger partial charge in [0.05, 0.1) is 30.3 Å². The Hall–Kier alpha value is -2.34. The third-order valence-corrected chi connectivity index (χ3v) is 5.24. The minimum Gasteiger partial charge on any atom is -0.466 e. The van der Waals surface area contributed by atoms with Gasteiger partial charge in [-0.25, -0.2) is 4.68 Å². The minimum absolute atomic E-state index is 0.126. The highest BCUT2D eigenvalue weighted by Gasteiger charge is 2.31. The lowest BCUT2D eigenvalue weighted by Gasteiger charge is -2.30. The van der Waals surface area contributed by atoms with Crippen molar-refractivity contribution in [2.24, 2.45) is 5.92 Å². The summed E-state index contributed by atoms with van der Waals surface area (Å²) in [6.07, 6.45) is 1.22. The first kappa shape index (κ1) is 19.4. The van der Waals surface area contributed by atoms with Gasteiger partial charge >= 0.3 is 5.97 Å². The van der Waals surface area contributed by atoms with Crippen LogP contribution in [0, 0.1) is 12.8 Å². The van der Waals surface area contributed by atoms with E-state index in [1.54, 1.807) is 23.4 Å². The number of hydrogen-bond donors (Lipinski definition) is 0. The second-order valence-electron chi connectivity index (χ2n) is 6.71. The maximum atomic E-state index is 13.0. The van der Waals surface area contributed by atoms with Crippen LogP contribution in [0.2, 0.25) is 5.15 Å². The molecular formula is C20H24ClN3O3. The van der Waals surface area contributed by atoms with Crippen LogP contribution in [0.3, 0.4) is 0 Å². The molecule has 0 spiro atoms.